The van der Waals surface area contributed by atoms with Crippen LogP contribution in [0.4, 0.5) is 0 Å². The van der Waals surface area contributed by atoms with Crippen LogP contribution in [0.15, 0.2) is 42.5 Å². The Balaban J connectivity index is 2.32. The summed E-state index contributed by atoms with van der Waals surface area (Å²) in [5.41, 5.74) is 1.29. The number of allylic oxidation sites excluding steroid dienone is 2. The molecule has 0 saturated heterocycles. The van der Waals surface area contributed by atoms with E-state index in [9.17, 15) is 4.79 Å². The van der Waals surface area contributed by atoms with Gasteiger partial charge in [0.2, 0.25) is 0 Å². The summed E-state index contributed by atoms with van der Waals surface area (Å²) in [6.45, 7) is 4.43. The van der Waals surface area contributed by atoms with Crippen LogP contribution in [-0.4, -0.2) is 12.6 Å². The molecule has 17 heavy (non-hydrogen) atoms. The molecule has 0 fully saturated rings. The predicted octanol–water partition coefficient (Wildman–Crippen LogP) is 3.69. The molecule has 0 aliphatic rings. The van der Waals surface area contributed by atoms with Crippen LogP contribution in [0.1, 0.15) is 38.2 Å². The highest BCUT2D eigenvalue weighted by Crippen LogP contribution is 2.16. The minimum absolute atomic E-state index is 0.121. The van der Waals surface area contributed by atoms with Gasteiger partial charge in [-0.05, 0) is 24.8 Å². The van der Waals surface area contributed by atoms with E-state index in [2.05, 4.69) is 31.2 Å². The molecule has 1 unspecified atom stereocenters. The second kappa shape index (κ2) is 7.66. The highest BCUT2D eigenvalue weighted by molar-refractivity contribution is 5.69. The van der Waals surface area contributed by atoms with Crippen LogP contribution in [0.25, 0.3) is 0 Å². The fourth-order valence-electron chi connectivity index (χ4n) is 1.60. The van der Waals surface area contributed by atoms with E-state index >= 15 is 0 Å². The van der Waals surface area contributed by atoms with Gasteiger partial charge >= 0.3 is 5.97 Å². The highest BCUT2D eigenvalue weighted by Gasteiger charge is 2.01. The molecule has 0 aromatic heterocycles. The monoisotopic (exact) mass is 232 g/mol. The standard InChI is InChI=1S/C15H20O2/c1-3-17-15(16)12-8-7-9-13(2)14-10-5-4-6-11-14/h4-7,9-11,13H,3,8,12H2,1-2H3/b9-7-. The lowest BCUT2D eigenvalue weighted by molar-refractivity contribution is -0.142. The minimum atomic E-state index is -0.121. The van der Waals surface area contributed by atoms with Crippen LogP contribution in [0, 0.1) is 0 Å². The van der Waals surface area contributed by atoms with Crippen LogP contribution < -0.4 is 0 Å². The number of esters is 1. The average molecular weight is 232 g/mol. The van der Waals surface area contributed by atoms with E-state index in [-0.39, 0.29) is 5.97 Å². The summed E-state index contributed by atoms with van der Waals surface area (Å²) in [5.74, 6) is 0.267. The lowest BCUT2D eigenvalue weighted by Crippen LogP contribution is -2.02. The van der Waals surface area contributed by atoms with Crippen molar-refractivity contribution in [3.63, 3.8) is 0 Å². The second-order valence-corrected chi connectivity index (χ2v) is 3.97. The summed E-state index contributed by atoms with van der Waals surface area (Å²) in [6.07, 6.45) is 5.39. The molecule has 1 aromatic rings. The maximum atomic E-state index is 11.1. The molecule has 92 valence electrons. The molecule has 0 radical (unpaired) electrons. The fourth-order valence-corrected chi connectivity index (χ4v) is 1.60. The highest BCUT2D eigenvalue weighted by atomic mass is 16.5. The molecular weight excluding hydrogens is 212 g/mol. The first-order chi connectivity index (χ1) is 8.24. The summed E-state index contributed by atoms with van der Waals surface area (Å²) in [6, 6.07) is 10.3. The third-order valence-corrected chi connectivity index (χ3v) is 2.57. The SMILES string of the molecule is CCOC(=O)CC/C=C\C(C)c1ccccc1. The van der Waals surface area contributed by atoms with Gasteiger partial charge in [-0.15, -0.1) is 0 Å². The van der Waals surface area contributed by atoms with E-state index in [4.69, 9.17) is 4.74 Å². The molecule has 0 N–H and O–H groups in total. The van der Waals surface area contributed by atoms with Crippen molar-refractivity contribution in [2.75, 3.05) is 6.61 Å². The Morgan fingerprint density at radius 2 is 2.06 bits per heavy atom. The smallest absolute Gasteiger partial charge is 0.306 e. The van der Waals surface area contributed by atoms with Crippen LogP contribution in [0.2, 0.25) is 0 Å². The summed E-state index contributed by atoms with van der Waals surface area (Å²) >= 11 is 0. The van der Waals surface area contributed by atoms with E-state index in [1.54, 1.807) is 0 Å². The zero-order valence-corrected chi connectivity index (χ0v) is 10.6. The number of carbonyl (C=O) groups excluding carboxylic acids is 1. The van der Waals surface area contributed by atoms with Crippen LogP contribution in [0.3, 0.4) is 0 Å². The first-order valence-electron chi connectivity index (χ1n) is 6.11. The molecular formula is C15H20O2. The van der Waals surface area contributed by atoms with Gasteiger partial charge in [-0.3, -0.25) is 4.79 Å². The first-order valence-corrected chi connectivity index (χ1v) is 6.11. The van der Waals surface area contributed by atoms with Crippen molar-refractivity contribution in [3.8, 4) is 0 Å². The Morgan fingerprint density at radius 3 is 2.71 bits per heavy atom. The van der Waals surface area contributed by atoms with E-state index in [1.165, 1.54) is 5.56 Å². The summed E-state index contributed by atoms with van der Waals surface area (Å²) < 4.78 is 4.86. The Kier molecular flexibility index (Phi) is 6.08. The van der Waals surface area contributed by atoms with Gasteiger partial charge in [0.15, 0.2) is 0 Å². The predicted molar refractivity (Wildman–Crippen MR) is 69.9 cm³/mol. The first kappa shape index (κ1) is 13.5. The Labute approximate surface area is 103 Å². The summed E-state index contributed by atoms with van der Waals surface area (Å²) in [5, 5.41) is 0. The van der Waals surface area contributed by atoms with E-state index in [0.29, 0.717) is 18.9 Å². The Hall–Kier alpha value is -1.57. The quantitative estimate of drug-likeness (QED) is 0.552. The molecule has 1 rings (SSSR count). The van der Waals surface area contributed by atoms with Crippen molar-refractivity contribution in [3.05, 3.63) is 48.0 Å². The van der Waals surface area contributed by atoms with Gasteiger partial charge < -0.3 is 4.74 Å². The summed E-state index contributed by atoms with van der Waals surface area (Å²) in [7, 11) is 0. The normalized spacial score (nSPS) is 12.6. The average Bonchev–Trinajstić information content (AvgIpc) is 2.36. The number of hydrogen-bond acceptors (Lipinski definition) is 2. The van der Waals surface area contributed by atoms with Gasteiger partial charge in [0.1, 0.15) is 0 Å². The third kappa shape index (κ3) is 5.34. The van der Waals surface area contributed by atoms with Crippen LogP contribution in [0.5, 0.6) is 0 Å². The van der Waals surface area contributed by atoms with Gasteiger partial charge in [0, 0.05) is 6.42 Å². The minimum Gasteiger partial charge on any atom is -0.466 e. The lowest BCUT2D eigenvalue weighted by Gasteiger charge is -2.05. The number of benzene rings is 1. The maximum Gasteiger partial charge on any atom is 0.306 e. The zero-order valence-electron chi connectivity index (χ0n) is 10.6. The molecule has 0 spiro atoms. The molecule has 0 heterocycles. The van der Waals surface area contributed by atoms with Gasteiger partial charge in [0.25, 0.3) is 0 Å². The molecule has 0 aliphatic carbocycles. The van der Waals surface area contributed by atoms with Crippen molar-refractivity contribution in [2.24, 2.45) is 0 Å². The molecule has 2 heteroatoms. The van der Waals surface area contributed by atoms with Gasteiger partial charge in [-0.1, -0.05) is 49.4 Å². The Morgan fingerprint density at radius 1 is 1.35 bits per heavy atom. The lowest BCUT2D eigenvalue weighted by atomic mass is 10.0. The second-order valence-electron chi connectivity index (χ2n) is 3.97. The number of ether oxygens (including phenoxy) is 1. The molecule has 1 aromatic carbocycles. The van der Waals surface area contributed by atoms with Gasteiger partial charge in [0.05, 0.1) is 6.61 Å². The van der Waals surface area contributed by atoms with Crippen LogP contribution >= 0.6 is 0 Å². The molecule has 2 nitrogen and oxygen atoms in total. The molecule has 0 amide bonds. The molecule has 0 saturated carbocycles. The number of rotatable bonds is 6. The molecule has 0 bridgehead atoms. The van der Waals surface area contributed by atoms with Gasteiger partial charge in [-0.25, -0.2) is 0 Å². The van der Waals surface area contributed by atoms with Crippen molar-refractivity contribution >= 4 is 5.97 Å². The number of hydrogen-bond donors (Lipinski definition) is 0. The third-order valence-electron chi connectivity index (χ3n) is 2.57. The number of carbonyl (C=O) groups is 1. The largest absolute Gasteiger partial charge is 0.466 e. The zero-order chi connectivity index (χ0) is 12.5. The van der Waals surface area contributed by atoms with E-state index in [1.807, 2.05) is 25.1 Å². The summed E-state index contributed by atoms with van der Waals surface area (Å²) in [4.78, 5) is 11.1. The van der Waals surface area contributed by atoms with E-state index in [0.717, 1.165) is 6.42 Å². The van der Waals surface area contributed by atoms with Gasteiger partial charge in [-0.2, -0.15) is 0 Å². The molecule has 1 atom stereocenters. The van der Waals surface area contributed by atoms with Crippen LogP contribution in [-0.2, 0) is 9.53 Å². The Bertz CT molecular complexity index is 354. The van der Waals surface area contributed by atoms with E-state index < -0.39 is 0 Å². The van der Waals surface area contributed by atoms with Crippen molar-refractivity contribution < 1.29 is 9.53 Å². The van der Waals surface area contributed by atoms with Crippen molar-refractivity contribution in [1.82, 2.24) is 0 Å². The topological polar surface area (TPSA) is 26.3 Å². The maximum absolute atomic E-state index is 11.1. The van der Waals surface area contributed by atoms with Crippen molar-refractivity contribution in [2.45, 2.75) is 32.6 Å². The van der Waals surface area contributed by atoms with Crippen molar-refractivity contribution in [1.29, 1.82) is 0 Å². The molecule has 0 aliphatic heterocycles. The fraction of sp³-hybridized carbons (Fsp3) is 0.400.